The molecule has 7 atom stereocenters. The first-order valence-electron chi connectivity index (χ1n) is 15.0. The zero-order valence-corrected chi connectivity index (χ0v) is 26.1. The minimum Gasteiger partial charge on any atom is -0.497 e. The lowest BCUT2D eigenvalue weighted by Gasteiger charge is -2.43. The van der Waals surface area contributed by atoms with Gasteiger partial charge in [-0.2, -0.15) is 0 Å². The van der Waals surface area contributed by atoms with Crippen molar-refractivity contribution in [1.29, 1.82) is 0 Å². The number of thiazole rings is 1. The zero-order valence-electron chi connectivity index (χ0n) is 24.5. The van der Waals surface area contributed by atoms with Crippen molar-refractivity contribution in [3.8, 4) is 11.5 Å². The van der Waals surface area contributed by atoms with Gasteiger partial charge in [0.15, 0.2) is 6.61 Å². The molecule has 1 saturated heterocycles. The quantitative estimate of drug-likeness (QED) is 0.260. The average Bonchev–Trinajstić information content (AvgIpc) is 3.80. The van der Waals surface area contributed by atoms with Crippen molar-refractivity contribution >= 4 is 52.2 Å². The van der Waals surface area contributed by atoms with Gasteiger partial charge in [-0.25, -0.2) is 4.39 Å². The van der Waals surface area contributed by atoms with Crippen LogP contribution >= 0.6 is 23.1 Å². The third kappa shape index (κ3) is 4.57. The number of rotatable bonds is 7. The van der Waals surface area contributed by atoms with E-state index in [1.807, 2.05) is 24.3 Å². The molecule has 12 heteroatoms. The minimum absolute atomic E-state index is 0.00894. The number of H-pyrrole nitrogens is 1. The SMILES string of the molecule is COc1ccc(NC(=O)COc2ccccc2[C@H]2c3sc(=O)[nH]c3SC3C4CC(C5C(=O)N(c6ccc(F)cc6)C(=O)C45)C32)cc1. The molecule has 234 valence electrons. The summed E-state index contributed by atoms with van der Waals surface area (Å²) in [6, 6.07) is 20.0. The smallest absolute Gasteiger partial charge is 0.305 e. The molecular weight excluding hydrogens is 630 g/mol. The summed E-state index contributed by atoms with van der Waals surface area (Å²) in [5.41, 5.74) is 1.83. The van der Waals surface area contributed by atoms with Crippen LogP contribution < -0.4 is 24.6 Å². The number of benzene rings is 3. The van der Waals surface area contributed by atoms with Gasteiger partial charge in [0.1, 0.15) is 17.3 Å². The van der Waals surface area contributed by atoms with Crippen LogP contribution in [0.15, 0.2) is 82.6 Å². The number of para-hydroxylation sites is 1. The highest BCUT2D eigenvalue weighted by Gasteiger charge is 2.69. The van der Waals surface area contributed by atoms with Gasteiger partial charge >= 0.3 is 4.87 Å². The number of fused-ring (bicyclic) bond motifs is 9. The van der Waals surface area contributed by atoms with Crippen LogP contribution in [0.3, 0.4) is 0 Å². The maximum atomic E-state index is 13.9. The Morgan fingerprint density at radius 3 is 2.43 bits per heavy atom. The van der Waals surface area contributed by atoms with E-state index in [0.717, 1.165) is 33.2 Å². The number of aromatic nitrogens is 1. The molecule has 6 unspecified atom stereocenters. The average molecular weight is 658 g/mol. The lowest BCUT2D eigenvalue weighted by atomic mass is 9.68. The van der Waals surface area contributed by atoms with Gasteiger partial charge in [0.2, 0.25) is 11.8 Å². The molecular formula is C34H28FN3O6S2. The monoisotopic (exact) mass is 657 g/mol. The number of thioether (sulfide) groups is 1. The van der Waals surface area contributed by atoms with Crippen molar-refractivity contribution < 1.29 is 28.2 Å². The number of hydrogen-bond donors (Lipinski definition) is 2. The first-order chi connectivity index (χ1) is 22.3. The highest BCUT2D eigenvalue weighted by atomic mass is 32.2. The number of anilines is 2. The Morgan fingerprint density at radius 2 is 1.70 bits per heavy atom. The standard InChI is InChI=1S/C34H28FN3O6S2/c1-43-19-12-8-17(9-13-19)36-24(39)15-44-23-5-3-2-4-20(23)25-26-21-14-22(29(26)45-31-30(25)46-34(42)37-31)28-27(21)32(40)38(33(28)41)18-10-6-16(35)7-11-18/h2-13,21-22,25-29H,14-15H2,1H3,(H,36,39)(H,37,42)/t21?,22?,25-,26?,27?,28?,29?/m1/s1. The van der Waals surface area contributed by atoms with Crippen LogP contribution in [0.4, 0.5) is 15.8 Å². The van der Waals surface area contributed by atoms with E-state index >= 15 is 0 Å². The van der Waals surface area contributed by atoms with Crippen LogP contribution in [0.1, 0.15) is 22.8 Å². The van der Waals surface area contributed by atoms with E-state index in [-0.39, 0.29) is 58.1 Å². The van der Waals surface area contributed by atoms with Gasteiger partial charge in [0.25, 0.3) is 5.91 Å². The minimum atomic E-state index is -0.493. The highest BCUT2D eigenvalue weighted by Crippen LogP contribution is 2.69. The molecule has 8 rings (SSSR count). The highest BCUT2D eigenvalue weighted by molar-refractivity contribution is 8.00. The predicted octanol–water partition coefficient (Wildman–Crippen LogP) is 5.28. The molecule has 2 bridgehead atoms. The summed E-state index contributed by atoms with van der Waals surface area (Å²) in [5, 5.41) is 3.61. The van der Waals surface area contributed by atoms with Crippen molar-refractivity contribution in [2.24, 2.45) is 29.6 Å². The van der Waals surface area contributed by atoms with Crippen LogP contribution in [0.25, 0.3) is 0 Å². The van der Waals surface area contributed by atoms with Crippen molar-refractivity contribution in [3.63, 3.8) is 0 Å². The van der Waals surface area contributed by atoms with E-state index in [0.29, 0.717) is 22.9 Å². The second-order valence-electron chi connectivity index (χ2n) is 12.1. The molecule has 3 amide bonds. The van der Waals surface area contributed by atoms with Gasteiger partial charge in [-0.3, -0.25) is 24.1 Å². The molecule has 4 aromatic rings. The van der Waals surface area contributed by atoms with Crippen LogP contribution in [0.2, 0.25) is 0 Å². The number of halogens is 1. The van der Waals surface area contributed by atoms with Crippen molar-refractivity contribution in [3.05, 3.63) is 98.7 Å². The predicted molar refractivity (Wildman–Crippen MR) is 171 cm³/mol. The van der Waals surface area contributed by atoms with Crippen LogP contribution in [-0.2, 0) is 14.4 Å². The van der Waals surface area contributed by atoms with Crippen LogP contribution in [-0.4, -0.2) is 41.7 Å². The van der Waals surface area contributed by atoms with E-state index in [2.05, 4.69) is 10.3 Å². The first kappa shape index (κ1) is 29.0. The number of nitrogens with zero attached hydrogens (tertiary/aromatic N) is 1. The summed E-state index contributed by atoms with van der Waals surface area (Å²) in [7, 11) is 1.57. The lowest BCUT2D eigenvalue weighted by Crippen LogP contribution is -2.42. The maximum absolute atomic E-state index is 13.9. The Labute approximate surface area is 271 Å². The molecule has 2 N–H and O–H groups in total. The van der Waals surface area contributed by atoms with Crippen LogP contribution in [0, 0.1) is 35.4 Å². The number of carbonyl (C=O) groups is 3. The van der Waals surface area contributed by atoms with Crippen LogP contribution in [0.5, 0.6) is 11.5 Å². The lowest BCUT2D eigenvalue weighted by molar-refractivity contribution is -0.123. The molecule has 3 heterocycles. The fourth-order valence-electron chi connectivity index (χ4n) is 8.09. The van der Waals surface area contributed by atoms with E-state index < -0.39 is 17.7 Å². The van der Waals surface area contributed by atoms with Crippen molar-refractivity contribution in [2.45, 2.75) is 22.6 Å². The molecule has 9 nitrogen and oxygen atoms in total. The van der Waals surface area contributed by atoms with E-state index in [9.17, 15) is 23.6 Å². The number of imide groups is 1. The van der Waals surface area contributed by atoms with E-state index in [1.54, 1.807) is 43.1 Å². The number of carbonyl (C=O) groups excluding carboxylic acids is 3. The maximum Gasteiger partial charge on any atom is 0.305 e. The summed E-state index contributed by atoms with van der Waals surface area (Å²) >= 11 is 2.76. The number of nitrogens with one attached hydrogen (secondary N) is 2. The largest absolute Gasteiger partial charge is 0.497 e. The Morgan fingerprint density at radius 1 is 0.978 bits per heavy atom. The Hall–Kier alpha value is -4.42. The van der Waals surface area contributed by atoms with Gasteiger partial charge < -0.3 is 19.8 Å². The first-order valence-corrected chi connectivity index (χ1v) is 16.7. The number of hydrogen-bond acceptors (Lipinski definition) is 8. The second-order valence-corrected chi connectivity index (χ2v) is 14.3. The fraction of sp³-hybridized carbons (Fsp3) is 0.294. The number of aromatic amines is 1. The molecule has 0 radical (unpaired) electrons. The third-order valence-electron chi connectivity index (χ3n) is 9.80. The molecule has 2 aliphatic carbocycles. The second kappa shape index (κ2) is 11.1. The van der Waals surface area contributed by atoms with Gasteiger partial charge in [-0.1, -0.05) is 29.5 Å². The molecule has 1 aromatic heterocycles. The molecule has 3 fully saturated rings. The number of methoxy groups -OCH3 is 1. The molecule has 46 heavy (non-hydrogen) atoms. The normalized spacial score (nSPS) is 27.3. The fourth-order valence-corrected chi connectivity index (χ4v) is 11.0. The summed E-state index contributed by atoms with van der Waals surface area (Å²) in [6.07, 6.45) is 0.732. The van der Waals surface area contributed by atoms with Gasteiger partial charge in [-0.05, 0) is 78.8 Å². The van der Waals surface area contributed by atoms with Gasteiger partial charge in [-0.15, -0.1) is 11.8 Å². The van der Waals surface area contributed by atoms with Crippen molar-refractivity contribution in [2.75, 3.05) is 23.9 Å². The zero-order chi connectivity index (χ0) is 31.7. The Balaban J connectivity index is 1.10. The summed E-state index contributed by atoms with van der Waals surface area (Å²) in [6.45, 7) is -0.231. The summed E-state index contributed by atoms with van der Waals surface area (Å²) < 4.78 is 25.0. The Bertz CT molecular complexity index is 1930. The topological polar surface area (TPSA) is 118 Å². The molecule has 3 aromatic carbocycles. The van der Waals surface area contributed by atoms with Crippen molar-refractivity contribution in [1.82, 2.24) is 4.98 Å². The third-order valence-corrected chi connectivity index (χ3v) is 12.4. The molecule has 4 aliphatic rings. The van der Waals surface area contributed by atoms with Gasteiger partial charge in [0.05, 0.1) is 29.7 Å². The summed E-state index contributed by atoms with van der Waals surface area (Å²) in [5.74, 6) is -1.48. The molecule has 2 aliphatic heterocycles. The molecule has 2 saturated carbocycles. The summed E-state index contributed by atoms with van der Waals surface area (Å²) in [4.78, 5) is 58.3. The van der Waals surface area contributed by atoms with E-state index in [4.69, 9.17) is 9.47 Å². The molecule has 0 spiro atoms. The number of amides is 3. The van der Waals surface area contributed by atoms with Gasteiger partial charge in [0, 0.05) is 27.3 Å². The Kier molecular flexibility index (Phi) is 7.02. The van der Waals surface area contributed by atoms with E-state index in [1.165, 1.54) is 29.2 Å². The number of ether oxygens (including phenoxy) is 2.